The SMILES string of the molecule is CCC1C(=O)NC(=O)CN1C(=O)c1cc(Cl)ccc1F. The van der Waals surface area contributed by atoms with Crippen molar-refractivity contribution in [3.8, 4) is 0 Å². The first kappa shape index (κ1) is 14.5. The van der Waals surface area contributed by atoms with E-state index in [1.165, 1.54) is 12.1 Å². The van der Waals surface area contributed by atoms with Crippen LogP contribution in [0.2, 0.25) is 5.02 Å². The smallest absolute Gasteiger partial charge is 0.258 e. The molecule has 1 atom stereocenters. The number of hydrogen-bond donors (Lipinski definition) is 1. The second-order valence-corrected chi connectivity index (χ2v) is 4.83. The number of nitrogens with zero attached hydrogens (tertiary/aromatic N) is 1. The number of amides is 3. The third-order valence-electron chi connectivity index (χ3n) is 3.06. The van der Waals surface area contributed by atoms with E-state index in [0.29, 0.717) is 6.42 Å². The van der Waals surface area contributed by atoms with E-state index in [-0.39, 0.29) is 17.1 Å². The number of rotatable bonds is 2. The van der Waals surface area contributed by atoms with Crippen LogP contribution in [0.25, 0.3) is 0 Å². The fraction of sp³-hybridized carbons (Fsp3) is 0.308. The van der Waals surface area contributed by atoms with Gasteiger partial charge in [-0.05, 0) is 24.6 Å². The number of carbonyl (C=O) groups excluding carboxylic acids is 3. The number of imide groups is 1. The molecule has 7 heteroatoms. The van der Waals surface area contributed by atoms with Crippen LogP contribution in [0.15, 0.2) is 18.2 Å². The van der Waals surface area contributed by atoms with Crippen molar-refractivity contribution in [3.63, 3.8) is 0 Å². The Morgan fingerprint density at radius 1 is 1.50 bits per heavy atom. The predicted octanol–water partition coefficient (Wildman–Crippen LogP) is 1.36. The summed E-state index contributed by atoms with van der Waals surface area (Å²) >= 11 is 5.74. The van der Waals surface area contributed by atoms with Crippen molar-refractivity contribution in [3.05, 3.63) is 34.6 Å². The molecule has 106 valence electrons. The van der Waals surface area contributed by atoms with Crippen LogP contribution in [0, 0.1) is 5.82 Å². The zero-order chi connectivity index (χ0) is 14.9. The summed E-state index contributed by atoms with van der Waals surface area (Å²) in [6, 6.07) is 2.78. The van der Waals surface area contributed by atoms with E-state index in [1.54, 1.807) is 6.92 Å². The average Bonchev–Trinajstić information content (AvgIpc) is 2.40. The van der Waals surface area contributed by atoms with Crippen molar-refractivity contribution >= 4 is 29.3 Å². The Bertz CT molecular complexity index is 591. The van der Waals surface area contributed by atoms with E-state index in [4.69, 9.17) is 11.6 Å². The van der Waals surface area contributed by atoms with Crippen LogP contribution in [0.4, 0.5) is 4.39 Å². The number of benzene rings is 1. The lowest BCUT2D eigenvalue weighted by molar-refractivity contribution is -0.138. The number of carbonyl (C=O) groups is 3. The summed E-state index contributed by atoms with van der Waals surface area (Å²) in [5, 5.41) is 2.36. The van der Waals surface area contributed by atoms with Crippen molar-refractivity contribution in [2.45, 2.75) is 19.4 Å². The molecule has 0 spiro atoms. The van der Waals surface area contributed by atoms with Crippen molar-refractivity contribution in [2.24, 2.45) is 0 Å². The molecule has 1 aromatic carbocycles. The fourth-order valence-electron chi connectivity index (χ4n) is 2.10. The number of nitrogens with one attached hydrogen (secondary N) is 1. The molecule has 0 aliphatic carbocycles. The van der Waals surface area contributed by atoms with Crippen molar-refractivity contribution < 1.29 is 18.8 Å². The molecule has 0 aromatic heterocycles. The molecule has 0 saturated carbocycles. The first-order chi connectivity index (χ1) is 9.43. The van der Waals surface area contributed by atoms with Gasteiger partial charge in [-0.2, -0.15) is 0 Å². The van der Waals surface area contributed by atoms with E-state index in [1.807, 2.05) is 0 Å². The number of halogens is 2. The fourth-order valence-corrected chi connectivity index (χ4v) is 2.27. The van der Waals surface area contributed by atoms with Crippen molar-refractivity contribution in [2.75, 3.05) is 6.54 Å². The van der Waals surface area contributed by atoms with Gasteiger partial charge < -0.3 is 4.90 Å². The quantitative estimate of drug-likeness (QED) is 0.838. The van der Waals surface area contributed by atoms with Gasteiger partial charge in [0.05, 0.1) is 5.56 Å². The van der Waals surface area contributed by atoms with Crippen LogP contribution in [-0.2, 0) is 9.59 Å². The molecular weight excluding hydrogens is 287 g/mol. The number of hydrogen-bond acceptors (Lipinski definition) is 3. The normalized spacial score (nSPS) is 18.9. The molecule has 3 amide bonds. The molecule has 1 aliphatic rings. The van der Waals surface area contributed by atoms with E-state index in [2.05, 4.69) is 5.32 Å². The first-order valence-corrected chi connectivity index (χ1v) is 6.41. The third-order valence-corrected chi connectivity index (χ3v) is 3.30. The molecule has 1 N–H and O–H groups in total. The molecule has 0 radical (unpaired) electrons. The summed E-state index contributed by atoms with van der Waals surface area (Å²) in [5.74, 6) is -2.61. The molecular formula is C13H12ClFN2O3. The van der Waals surface area contributed by atoms with Gasteiger partial charge in [0, 0.05) is 5.02 Å². The summed E-state index contributed by atoms with van der Waals surface area (Å²) in [6.07, 6.45) is 0.326. The molecule has 1 heterocycles. The highest BCUT2D eigenvalue weighted by Crippen LogP contribution is 2.19. The summed E-state index contributed by atoms with van der Waals surface area (Å²) in [5.41, 5.74) is -0.251. The Labute approximate surface area is 119 Å². The summed E-state index contributed by atoms with van der Waals surface area (Å²) in [6.45, 7) is 1.42. The van der Waals surface area contributed by atoms with Gasteiger partial charge in [-0.1, -0.05) is 18.5 Å². The summed E-state index contributed by atoms with van der Waals surface area (Å²) < 4.78 is 13.7. The second kappa shape index (κ2) is 5.58. The van der Waals surface area contributed by atoms with Gasteiger partial charge in [0.2, 0.25) is 11.8 Å². The third kappa shape index (κ3) is 2.65. The highest BCUT2D eigenvalue weighted by atomic mass is 35.5. The van der Waals surface area contributed by atoms with Gasteiger partial charge in [-0.25, -0.2) is 4.39 Å². The molecule has 1 unspecified atom stereocenters. The van der Waals surface area contributed by atoms with E-state index in [9.17, 15) is 18.8 Å². The van der Waals surface area contributed by atoms with Crippen LogP contribution < -0.4 is 5.32 Å². The van der Waals surface area contributed by atoms with E-state index in [0.717, 1.165) is 11.0 Å². The van der Waals surface area contributed by atoms with Crippen LogP contribution >= 0.6 is 11.6 Å². The molecule has 1 fully saturated rings. The van der Waals surface area contributed by atoms with Crippen molar-refractivity contribution in [1.29, 1.82) is 0 Å². The Morgan fingerprint density at radius 2 is 2.20 bits per heavy atom. The lowest BCUT2D eigenvalue weighted by atomic mass is 10.1. The van der Waals surface area contributed by atoms with Gasteiger partial charge in [0.15, 0.2) is 0 Å². The molecule has 1 saturated heterocycles. The maximum Gasteiger partial charge on any atom is 0.258 e. The monoisotopic (exact) mass is 298 g/mol. The van der Waals surface area contributed by atoms with E-state index < -0.39 is 29.6 Å². The second-order valence-electron chi connectivity index (χ2n) is 4.39. The first-order valence-electron chi connectivity index (χ1n) is 6.03. The minimum Gasteiger partial charge on any atom is -0.317 e. The van der Waals surface area contributed by atoms with Crippen molar-refractivity contribution in [1.82, 2.24) is 10.2 Å². The average molecular weight is 299 g/mol. The molecule has 20 heavy (non-hydrogen) atoms. The Morgan fingerprint density at radius 3 is 2.85 bits per heavy atom. The lowest BCUT2D eigenvalue weighted by Crippen LogP contribution is -2.59. The zero-order valence-corrected chi connectivity index (χ0v) is 11.4. The largest absolute Gasteiger partial charge is 0.317 e. The van der Waals surface area contributed by atoms with Gasteiger partial charge in [0.25, 0.3) is 5.91 Å². The molecule has 2 rings (SSSR count). The Hall–Kier alpha value is -1.95. The van der Waals surface area contributed by atoms with Crippen LogP contribution in [-0.4, -0.2) is 35.2 Å². The molecule has 1 aliphatic heterocycles. The Kier molecular flexibility index (Phi) is 4.04. The molecule has 0 bridgehead atoms. The topological polar surface area (TPSA) is 66.5 Å². The zero-order valence-electron chi connectivity index (χ0n) is 10.7. The van der Waals surface area contributed by atoms with Crippen LogP contribution in [0.1, 0.15) is 23.7 Å². The molecule has 1 aromatic rings. The highest BCUT2D eigenvalue weighted by molar-refractivity contribution is 6.31. The summed E-state index contributed by atoms with van der Waals surface area (Å²) in [4.78, 5) is 36.5. The Balaban J connectivity index is 2.37. The molecule has 5 nitrogen and oxygen atoms in total. The maximum atomic E-state index is 13.7. The van der Waals surface area contributed by atoms with Gasteiger partial charge in [-0.3, -0.25) is 19.7 Å². The predicted molar refractivity (Wildman–Crippen MR) is 69.7 cm³/mol. The maximum absolute atomic E-state index is 13.7. The minimum absolute atomic E-state index is 0.204. The van der Waals surface area contributed by atoms with E-state index >= 15 is 0 Å². The van der Waals surface area contributed by atoms with Gasteiger partial charge in [-0.15, -0.1) is 0 Å². The highest BCUT2D eigenvalue weighted by Gasteiger charge is 2.36. The minimum atomic E-state index is -0.793. The van der Waals surface area contributed by atoms with Gasteiger partial charge in [0.1, 0.15) is 18.4 Å². The standard InChI is InChI=1S/C13H12ClFN2O3/c1-2-10-12(19)16-11(18)6-17(10)13(20)8-5-7(14)3-4-9(8)15/h3-5,10H,2,6H2,1H3,(H,16,18,19). The van der Waals surface area contributed by atoms with Gasteiger partial charge >= 0.3 is 0 Å². The number of piperazine rings is 1. The summed E-state index contributed by atoms with van der Waals surface area (Å²) in [7, 11) is 0. The van der Waals surface area contributed by atoms with Crippen LogP contribution in [0.3, 0.4) is 0 Å². The van der Waals surface area contributed by atoms with Crippen LogP contribution in [0.5, 0.6) is 0 Å². The lowest BCUT2D eigenvalue weighted by Gasteiger charge is -2.33.